The Morgan fingerprint density at radius 2 is 2.10 bits per heavy atom. The zero-order valence-corrected chi connectivity index (χ0v) is 13.6. The van der Waals surface area contributed by atoms with Gasteiger partial charge in [0.1, 0.15) is 4.90 Å². The second kappa shape index (κ2) is 6.34. The van der Waals surface area contributed by atoms with Gasteiger partial charge in [-0.2, -0.15) is 8.42 Å². The van der Waals surface area contributed by atoms with E-state index in [1.807, 2.05) is 24.1 Å². The first-order valence-corrected chi connectivity index (χ1v) is 8.41. The van der Waals surface area contributed by atoms with Gasteiger partial charge in [-0.15, -0.1) is 16.8 Å². The van der Waals surface area contributed by atoms with E-state index in [0.29, 0.717) is 22.3 Å². The van der Waals surface area contributed by atoms with Gasteiger partial charge in [-0.25, -0.2) is 0 Å². The molecule has 0 radical (unpaired) electrons. The molecule has 1 unspecified atom stereocenters. The fourth-order valence-electron chi connectivity index (χ4n) is 2.86. The van der Waals surface area contributed by atoms with Crippen LogP contribution in [0, 0.1) is 0 Å². The maximum atomic E-state index is 12.0. The molecule has 1 fully saturated rings. The molecular formula is C14H20ClN3O2S. The third kappa shape index (κ3) is 3.22. The zero-order valence-electron chi connectivity index (χ0n) is 11.9. The molecule has 2 heterocycles. The van der Waals surface area contributed by atoms with Crippen LogP contribution in [0.5, 0.6) is 0 Å². The van der Waals surface area contributed by atoms with E-state index < -0.39 is 10.0 Å². The first-order chi connectivity index (χ1) is 9.58. The predicted octanol–water partition coefficient (Wildman–Crippen LogP) is 1.63. The van der Waals surface area contributed by atoms with E-state index in [-0.39, 0.29) is 12.4 Å². The molecule has 1 N–H and O–H groups in total. The van der Waals surface area contributed by atoms with Crippen LogP contribution >= 0.6 is 12.4 Å². The third-order valence-electron chi connectivity index (χ3n) is 3.88. The van der Waals surface area contributed by atoms with Gasteiger partial charge >= 0.3 is 0 Å². The van der Waals surface area contributed by atoms with Crippen molar-refractivity contribution in [2.24, 2.45) is 4.40 Å². The Morgan fingerprint density at radius 3 is 2.81 bits per heavy atom. The molecule has 0 amide bonds. The summed E-state index contributed by atoms with van der Waals surface area (Å²) < 4.78 is 28.0. The number of nitrogens with zero attached hydrogens (tertiary/aromatic N) is 2. The summed E-state index contributed by atoms with van der Waals surface area (Å²) in [5.74, 6) is 0.563. The number of halogens is 1. The molecular weight excluding hydrogens is 310 g/mol. The number of nitrogens with one attached hydrogen (secondary N) is 1. The summed E-state index contributed by atoms with van der Waals surface area (Å²) in [6, 6.07) is 7.43. The fraction of sp³-hybridized carbons (Fsp3) is 0.500. The summed E-state index contributed by atoms with van der Waals surface area (Å²) in [7, 11) is -1.61. The average Bonchev–Trinajstić information content (AvgIpc) is 2.73. The topological polar surface area (TPSA) is 61.8 Å². The molecule has 1 atom stereocenters. The lowest BCUT2D eigenvalue weighted by Crippen LogP contribution is -2.44. The van der Waals surface area contributed by atoms with E-state index in [1.54, 1.807) is 12.1 Å². The highest BCUT2D eigenvalue weighted by atomic mass is 35.5. The number of fused-ring (bicyclic) bond motifs is 1. The predicted molar refractivity (Wildman–Crippen MR) is 85.7 cm³/mol. The summed E-state index contributed by atoms with van der Waals surface area (Å²) in [5, 5.41) is 3.47. The lowest BCUT2D eigenvalue weighted by atomic mass is 10.0. The molecule has 2 aliphatic heterocycles. The highest BCUT2D eigenvalue weighted by Gasteiger charge is 2.31. The Balaban J connectivity index is 0.00000161. The summed E-state index contributed by atoms with van der Waals surface area (Å²) in [6.45, 7) is 1.82. The van der Waals surface area contributed by atoms with E-state index in [9.17, 15) is 8.42 Å². The lowest BCUT2D eigenvalue weighted by Gasteiger charge is -2.29. The van der Waals surface area contributed by atoms with Gasteiger partial charge in [0.05, 0.1) is 0 Å². The van der Waals surface area contributed by atoms with Crippen molar-refractivity contribution in [3.8, 4) is 0 Å². The number of hydrogen-bond donors (Lipinski definition) is 1. The van der Waals surface area contributed by atoms with Crippen molar-refractivity contribution >= 4 is 28.3 Å². The molecule has 3 rings (SSSR count). The van der Waals surface area contributed by atoms with E-state index in [2.05, 4.69) is 9.71 Å². The van der Waals surface area contributed by atoms with Gasteiger partial charge in [-0.3, -0.25) is 0 Å². The Bertz CT molecular complexity index is 639. The summed E-state index contributed by atoms with van der Waals surface area (Å²) in [4.78, 5) is 2.27. The number of benzene rings is 1. The van der Waals surface area contributed by atoms with E-state index in [0.717, 1.165) is 19.5 Å². The van der Waals surface area contributed by atoms with E-state index >= 15 is 0 Å². The Morgan fingerprint density at radius 1 is 1.33 bits per heavy atom. The minimum Gasteiger partial charge on any atom is -0.357 e. The third-order valence-corrected chi connectivity index (χ3v) is 5.21. The van der Waals surface area contributed by atoms with Crippen LogP contribution in [0.3, 0.4) is 0 Å². The molecule has 116 valence electrons. The van der Waals surface area contributed by atoms with Crippen LogP contribution in [0.2, 0.25) is 0 Å². The van der Waals surface area contributed by atoms with Gasteiger partial charge in [0, 0.05) is 25.2 Å². The van der Waals surface area contributed by atoms with Crippen LogP contribution in [0.25, 0.3) is 0 Å². The van der Waals surface area contributed by atoms with Crippen molar-refractivity contribution in [3.05, 3.63) is 29.8 Å². The van der Waals surface area contributed by atoms with Gasteiger partial charge in [-0.05, 0) is 31.5 Å². The largest absolute Gasteiger partial charge is 0.357 e. The van der Waals surface area contributed by atoms with Crippen molar-refractivity contribution in [3.63, 3.8) is 0 Å². The number of amidine groups is 1. The maximum Gasteiger partial charge on any atom is 0.285 e. The molecule has 1 aromatic carbocycles. The van der Waals surface area contributed by atoms with Crippen molar-refractivity contribution in [1.82, 2.24) is 10.2 Å². The SMILES string of the molecule is CN(CC1CCCCN1)C1=NS(=O)(=O)c2ccccc21.Cl. The summed E-state index contributed by atoms with van der Waals surface area (Å²) >= 11 is 0. The minimum atomic E-state index is -3.51. The molecule has 1 saturated heterocycles. The fourth-order valence-corrected chi connectivity index (χ4v) is 4.11. The van der Waals surface area contributed by atoms with Gasteiger partial charge in [-0.1, -0.05) is 18.6 Å². The Labute approximate surface area is 131 Å². The van der Waals surface area contributed by atoms with Gasteiger partial charge in [0.25, 0.3) is 10.0 Å². The molecule has 1 aromatic rings. The van der Waals surface area contributed by atoms with Crippen molar-refractivity contribution in [1.29, 1.82) is 0 Å². The first-order valence-electron chi connectivity index (χ1n) is 6.97. The molecule has 0 spiro atoms. The quantitative estimate of drug-likeness (QED) is 0.896. The van der Waals surface area contributed by atoms with Crippen LogP contribution in [0.1, 0.15) is 24.8 Å². The first kappa shape index (κ1) is 16.3. The number of likely N-dealkylation sites (N-methyl/N-ethyl adjacent to an activating group) is 1. The average molecular weight is 330 g/mol. The van der Waals surface area contributed by atoms with Crippen LogP contribution in [-0.4, -0.2) is 45.3 Å². The number of piperidine rings is 1. The number of sulfonamides is 1. The molecule has 5 nitrogen and oxygen atoms in total. The molecule has 0 saturated carbocycles. The Kier molecular flexibility index (Phi) is 4.91. The van der Waals surface area contributed by atoms with Crippen LogP contribution < -0.4 is 5.32 Å². The van der Waals surface area contributed by atoms with Crippen LogP contribution in [0.4, 0.5) is 0 Å². The summed E-state index contributed by atoms with van der Waals surface area (Å²) in [5.41, 5.74) is 0.714. The standard InChI is InChI=1S/C14H19N3O2S.ClH/c1-17(10-11-6-4-5-9-15-11)14-12-7-2-3-8-13(12)20(18,19)16-14;/h2-3,7-8,11,15H,4-6,9-10H2,1H3;1H. The molecule has 7 heteroatoms. The van der Waals surface area contributed by atoms with Crippen molar-refractivity contribution in [2.45, 2.75) is 30.2 Å². The second-order valence-electron chi connectivity index (χ2n) is 5.41. The molecule has 0 bridgehead atoms. The maximum absolute atomic E-state index is 12.0. The molecule has 0 aliphatic carbocycles. The molecule has 0 aromatic heterocycles. The lowest BCUT2D eigenvalue weighted by molar-refractivity contribution is 0.335. The molecule has 21 heavy (non-hydrogen) atoms. The van der Waals surface area contributed by atoms with E-state index in [4.69, 9.17) is 0 Å². The normalized spacial score (nSPS) is 22.9. The van der Waals surface area contributed by atoms with Crippen molar-refractivity contribution < 1.29 is 8.42 Å². The monoisotopic (exact) mass is 329 g/mol. The Hall–Kier alpha value is -1.11. The van der Waals surface area contributed by atoms with Crippen molar-refractivity contribution in [2.75, 3.05) is 20.1 Å². The number of rotatable bonds is 2. The second-order valence-corrected chi connectivity index (χ2v) is 6.99. The van der Waals surface area contributed by atoms with E-state index in [1.165, 1.54) is 12.8 Å². The zero-order chi connectivity index (χ0) is 14.2. The summed E-state index contributed by atoms with van der Waals surface area (Å²) in [6.07, 6.45) is 3.58. The van der Waals surface area contributed by atoms with Crippen LogP contribution in [-0.2, 0) is 10.0 Å². The highest BCUT2D eigenvalue weighted by Crippen LogP contribution is 2.27. The van der Waals surface area contributed by atoms with Crippen LogP contribution in [0.15, 0.2) is 33.6 Å². The van der Waals surface area contributed by atoms with Gasteiger partial charge < -0.3 is 10.2 Å². The van der Waals surface area contributed by atoms with Gasteiger partial charge in [0.15, 0.2) is 5.84 Å². The highest BCUT2D eigenvalue weighted by molar-refractivity contribution is 7.90. The van der Waals surface area contributed by atoms with Gasteiger partial charge in [0.2, 0.25) is 0 Å². The molecule has 2 aliphatic rings. The smallest absolute Gasteiger partial charge is 0.285 e. The minimum absolute atomic E-state index is 0. The number of hydrogen-bond acceptors (Lipinski definition) is 4.